The highest BCUT2D eigenvalue weighted by molar-refractivity contribution is 6.06. The van der Waals surface area contributed by atoms with E-state index in [2.05, 4.69) is 9.98 Å². The zero-order valence-electron chi connectivity index (χ0n) is 13.5. The highest BCUT2D eigenvalue weighted by Gasteiger charge is 2.43. The molecule has 2 aliphatic rings. The summed E-state index contributed by atoms with van der Waals surface area (Å²) in [6, 6.07) is 3.08. The predicted molar refractivity (Wildman–Crippen MR) is 89.2 cm³/mol. The predicted octanol–water partition coefficient (Wildman–Crippen LogP) is 2.25. The van der Waals surface area contributed by atoms with E-state index in [1.165, 1.54) is 13.2 Å². The van der Waals surface area contributed by atoms with Crippen molar-refractivity contribution in [1.29, 1.82) is 0 Å². The molecule has 124 valence electrons. The zero-order chi connectivity index (χ0) is 16.6. The lowest BCUT2D eigenvalue weighted by Gasteiger charge is -2.46. The van der Waals surface area contributed by atoms with Gasteiger partial charge in [-0.05, 0) is 44.7 Å². The first kappa shape index (κ1) is 15.6. The standard InChI is InChI=1S/C16H22FN5O/c1-10-11(17)6-7-12(13(10)23-2)22-15(19)20-14(18)21-16(22)8-4-3-5-9-16/h6-7H,3-5,8-9H2,1-2H3,(H4,18,19,20,21). The van der Waals surface area contributed by atoms with Crippen LogP contribution in [0.15, 0.2) is 22.1 Å². The average molecular weight is 319 g/mol. The number of nitrogens with zero attached hydrogens (tertiary/aromatic N) is 3. The molecule has 7 heteroatoms. The number of nitrogens with two attached hydrogens (primary N) is 2. The fourth-order valence-electron chi connectivity index (χ4n) is 3.56. The molecular formula is C16H22FN5O. The van der Waals surface area contributed by atoms with Crippen molar-refractivity contribution in [3.63, 3.8) is 0 Å². The summed E-state index contributed by atoms with van der Waals surface area (Å²) in [4.78, 5) is 10.6. The number of rotatable bonds is 2. The van der Waals surface area contributed by atoms with Gasteiger partial charge in [-0.1, -0.05) is 6.42 Å². The van der Waals surface area contributed by atoms with Gasteiger partial charge in [-0.15, -0.1) is 0 Å². The molecule has 0 radical (unpaired) electrons. The summed E-state index contributed by atoms with van der Waals surface area (Å²) in [5.74, 6) is 0.588. The molecule has 0 aromatic heterocycles. The van der Waals surface area contributed by atoms with Gasteiger partial charge in [-0.25, -0.2) is 9.38 Å². The summed E-state index contributed by atoms with van der Waals surface area (Å²) in [6.07, 6.45) is 4.86. The van der Waals surface area contributed by atoms with Crippen LogP contribution in [0.25, 0.3) is 0 Å². The quantitative estimate of drug-likeness (QED) is 0.875. The largest absolute Gasteiger partial charge is 0.494 e. The highest BCUT2D eigenvalue weighted by atomic mass is 19.1. The Hall–Kier alpha value is -2.31. The molecule has 1 heterocycles. The molecule has 0 saturated heterocycles. The van der Waals surface area contributed by atoms with Gasteiger partial charge in [0.15, 0.2) is 0 Å². The van der Waals surface area contributed by atoms with Gasteiger partial charge in [-0.2, -0.15) is 4.99 Å². The summed E-state index contributed by atoms with van der Waals surface area (Å²) in [7, 11) is 1.52. The molecule has 1 aliphatic heterocycles. The number of aliphatic imine (C=N–C) groups is 2. The van der Waals surface area contributed by atoms with E-state index in [0.717, 1.165) is 32.1 Å². The minimum atomic E-state index is -0.564. The van der Waals surface area contributed by atoms with Crippen molar-refractivity contribution in [2.45, 2.75) is 44.7 Å². The van der Waals surface area contributed by atoms with E-state index in [-0.39, 0.29) is 17.7 Å². The second-order valence-electron chi connectivity index (χ2n) is 6.04. The number of ether oxygens (including phenoxy) is 1. The SMILES string of the molecule is COc1c(N2C(N)=NC(N)=NC23CCCCC3)ccc(F)c1C. The topological polar surface area (TPSA) is 89.2 Å². The van der Waals surface area contributed by atoms with Gasteiger partial charge in [0.05, 0.1) is 12.8 Å². The molecule has 1 saturated carbocycles. The van der Waals surface area contributed by atoms with E-state index in [1.54, 1.807) is 13.0 Å². The Bertz CT molecular complexity index is 679. The molecule has 3 rings (SSSR count). The molecule has 23 heavy (non-hydrogen) atoms. The van der Waals surface area contributed by atoms with Gasteiger partial charge in [0, 0.05) is 5.56 Å². The maximum absolute atomic E-state index is 13.9. The van der Waals surface area contributed by atoms with Crippen LogP contribution in [-0.4, -0.2) is 24.7 Å². The van der Waals surface area contributed by atoms with Gasteiger partial charge in [0.2, 0.25) is 11.9 Å². The summed E-state index contributed by atoms with van der Waals surface area (Å²) in [6.45, 7) is 1.68. The van der Waals surface area contributed by atoms with E-state index >= 15 is 0 Å². The average Bonchev–Trinajstić information content (AvgIpc) is 2.51. The van der Waals surface area contributed by atoms with Crippen molar-refractivity contribution in [2.24, 2.45) is 21.5 Å². The molecule has 4 N–H and O–H groups in total. The second-order valence-corrected chi connectivity index (χ2v) is 6.04. The fraction of sp³-hybridized carbons (Fsp3) is 0.500. The smallest absolute Gasteiger partial charge is 0.220 e. The molecule has 1 aromatic carbocycles. The fourth-order valence-corrected chi connectivity index (χ4v) is 3.56. The third-order valence-corrected chi connectivity index (χ3v) is 4.62. The monoisotopic (exact) mass is 319 g/mol. The lowest BCUT2D eigenvalue weighted by molar-refractivity contribution is 0.302. The molecule has 6 nitrogen and oxygen atoms in total. The third-order valence-electron chi connectivity index (χ3n) is 4.62. The van der Waals surface area contributed by atoms with E-state index in [1.807, 2.05) is 4.90 Å². The summed E-state index contributed by atoms with van der Waals surface area (Å²) in [5, 5.41) is 0. The van der Waals surface area contributed by atoms with Gasteiger partial charge in [0.1, 0.15) is 17.2 Å². The zero-order valence-corrected chi connectivity index (χ0v) is 13.5. The minimum Gasteiger partial charge on any atom is -0.494 e. The first-order valence-electron chi connectivity index (χ1n) is 7.81. The van der Waals surface area contributed by atoms with Gasteiger partial charge >= 0.3 is 0 Å². The lowest BCUT2D eigenvalue weighted by Crippen LogP contribution is -2.58. The Morgan fingerprint density at radius 2 is 1.91 bits per heavy atom. The van der Waals surface area contributed by atoms with Crippen molar-refractivity contribution < 1.29 is 9.13 Å². The molecule has 0 unspecified atom stereocenters. The van der Waals surface area contributed by atoms with Crippen LogP contribution in [0.2, 0.25) is 0 Å². The number of benzene rings is 1. The van der Waals surface area contributed by atoms with Gasteiger partial charge in [-0.3, -0.25) is 4.90 Å². The van der Waals surface area contributed by atoms with Crippen LogP contribution >= 0.6 is 0 Å². The van der Waals surface area contributed by atoms with Gasteiger partial charge in [0.25, 0.3) is 0 Å². The Morgan fingerprint density at radius 1 is 1.22 bits per heavy atom. The molecule has 1 aliphatic carbocycles. The van der Waals surface area contributed by atoms with Crippen LogP contribution in [0.3, 0.4) is 0 Å². The molecule has 1 fully saturated rings. The van der Waals surface area contributed by atoms with Crippen LogP contribution in [0.5, 0.6) is 5.75 Å². The van der Waals surface area contributed by atoms with Crippen LogP contribution in [0.4, 0.5) is 10.1 Å². The maximum Gasteiger partial charge on any atom is 0.220 e. The summed E-state index contributed by atoms with van der Waals surface area (Å²) < 4.78 is 19.3. The van der Waals surface area contributed by atoms with Crippen molar-refractivity contribution in [1.82, 2.24) is 0 Å². The Kier molecular flexibility index (Phi) is 3.87. The number of hydrogen-bond acceptors (Lipinski definition) is 6. The van der Waals surface area contributed by atoms with Crippen LogP contribution in [-0.2, 0) is 0 Å². The van der Waals surface area contributed by atoms with E-state index in [9.17, 15) is 4.39 Å². The summed E-state index contributed by atoms with van der Waals surface area (Å²) >= 11 is 0. The molecule has 0 atom stereocenters. The molecule has 0 bridgehead atoms. The number of anilines is 1. The number of methoxy groups -OCH3 is 1. The number of halogens is 1. The van der Waals surface area contributed by atoms with Gasteiger partial charge < -0.3 is 16.2 Å². The van der Waals surface area contributed by atoms with Crippen molar-refractivity contribution >= 4 is 17.6 Å². The van der Waals surface area contributed by atoms with Crippen molar-refractivity contribution in [2.75, 3.05) is 12.0 Å². The Labute approximate surface area is 135 Å². The number of hydrogen-bond donors (Lipinski definition) is 2. The van der Waals surface area contributed by atoms with Crippen molar-refractivity contribution in [3.05, 3.63) is 23.5 Å². The second kappa shape index (κ2) is 5.72. The molecule has 0 amide bonds. The first-order chi connectivity index (χ1) is 11.0. The van der Waals surface area contributed by atoms with E-state index in [0.29, 0.717) is 17.0 Å². The van der Waals surface area contributed by atoms with Crippen LogP contribution in [0, 0.1) is 12.7 Å². The molecular weight excluding hydrogens is 297 g/mol. The molecule has 1 spiro atoms. The Morgan fingerprint density at radius 3 is 2.57 bits per heavy atom. The van der Waals surface area contributed by atoms with Crippen molar-refractivity contribution in [3.8, 4) is 5.75 Å². The van der Waals surface area contributed by atoms with E-state index < -0.39 is 5.66 Å². The third kappa shape index (κ3) is 2.50. The normalized spacial score (nSPS) is 20.2. The summed E-state index contributed by atoms with van der Waals surface area (Å²) in [5.41, 5.74) is 12.6. The Balaban J connectivity index is 2.16. The van der Waals surface area contributed by atoms with E-state index in [4.69, 9.17) is 16.2 Å². The first-order valence-corrected chi connectivity index (χ1v) is 7.81. The minimum absolute atomic E-state index is 0.193. The van der Waals surface area contributed by atoms with Crippen LogP contribution in [0.1, 0.15) is 37.7 Å². The maximum atomic E-state index is 13.9. The number of guanidine groups is 2. The van der Waals surface area contributed by atoms with Crippen LogP contribution < -0.4 is 21.1 Å². The lowest BCUT2D eigenvalue weighted by atomic mass is 9.87. The highest BCUT2D eigenvalue weighted by Crippen LogP contribution is 2.43. The molecule has 1 aromatic rings.